The van der Waals surface area contributed by atoms with Gasteiger partial charge in [0, 0.05) is 13.1 Å². The molecule has 0 atom stereocenters. The number of hydrogen-bond donors (Lipinski definition) is 1. The smallest absolute Gasteiger partial charge is 0.400 e. The first-order valence-corrected chi connectivity index (χ1v) is 5.81. The van der Waals surface area contributed by atoms with E-state index in [2.05, 4.69) is 10.5 Å². The molecule has 18 heavy (non-hydrogen) atoms. The van der Waals surface area contributed by atoms with Gasteiger partial charge in [-0.15, -0.1) is 0 Å². The molecule has 7 nitrogen and oxygen atoms in total. The fourth-order valence-corrected chi connectivity index (χ4v) is 1.55. The molecule has 0 spiro atoms. The fourth-order valence-electron chi connectivity index (χ4n) is 1.24. The second-order valence-corrected chi connectivity index (χ2v) is 3.67. The molecular weight excluding hydrogens is 256 g/mol. The first-order chi connectivity index (χ1) is 8.58. The van der Waals surface area contributed by atoms with Gasteiger partial charge in [-0.3, -0.25) is 15.5 Å². The van der Waals surface area contributed by atoms with E-state index in [9.17, 15) is 10.1 Å². The van der Waals surface area contributed by atoms with Crippen molar-refractivity contribution < 1.29 is 9.34 Å². The van der Waals surface area contributed by atoms with Crippen LogP contribution in [0.5, 0.6) is 0 Å². The lowest BCUT2D eigenvalue weighted by molar-refractivity contribution is -0.402. The maximum absolute atomic E-state index is 10.4. The Bertz CT molecular complexity index is 454. The topological polar surface area (TPSA) is 83.9 Å². The van der Waals surface area contributed by atoms with Crippen molar-refractivity contribution in [3.8, 4) is 0 Å². The molecule has 1 aromatic heterocycles. The predicted octanol–water partition coefficient (Wildman–Crippen LogP) is 1.74. The van der Waals surface area contributed by atoms with Gasteiger partial charge in [0.05, 0.1) is 12.3 Å². The van der Waals surface area contributed by atoms with E-state index in [4.69, 9.17) is 16.6 Å². The minimum Gasteiger partial charge on any atom is -0.400 e. The van der Waals surface area contributed by atoms with Gasteiger partial charge in [0.2, 0.25) is 0 Å². The van der Waals surface area contributed by atoms with Gasteiger partial charge in [-0.2, -0.15) is 5.10 Å². The molecule has 0 radical (unpaired) electrons. The van der Waals surface area contributed by atoms with Crippen LogP contribution in [0.2, 0.25) is 0 Å². The van der Waals surface area contributed by atoms with Gasteiger partial charge in [0.15, 0.2) is 10.9 Å². The third-order valence-electron chi connectivity index (χ3n) is 2.20. The first-order valence-electron chi connectivity index (χ1n) is 5.40. The van der Waals surface area contributed by atoms with Crippen LogP contribution in [0, 0.1) is 10.1 Å². The van der Waals surface area contributed by atoms with Gasteiger partial charge in [-0.1, -0.05) is 0 Å². The fraction of sp³-hybridized carbons (Fsp3) is 0.400. The third kappa shape index (κ3) is 3.81. The van der Waals surface area contributed by atoms with Crippen molar-refractivity contribution >= 4 is 29.4 Å². The lowest BCUT2D eigenvalue weighted by atomic mass is 10.5. The second kappa shape index (κ2) is 6.70. The second-order valence-electron chi connectivity index (χ2n) is 3.28. The van der Waals surface area contributed by atoms with Crippen molar-refractivity contribution in [3.05, 3.63) is 28.0 Å². The molecule has 98 valence electrons. The number of furan rings is 1. The van der Waals surface area contributed by atoms with E-state index in [1.807, 2.05) is 18.7 Å². The Morgan fingerprint density at radius 2 is 2.28 bits per heavy atom. The molecule has 8 heteroatoms. The Morgan fingerprint density at radius 3 is 2.78 bits per heavy atom. The van der Waals surface area contributed by atoms with Crippen LogP contribution in [-0.4, -0.2) is 34.2 Å². The van der Waals surface area contributed by atoms with Gasteiger partial charge < -0.3 is 9.32 Å². The number of nitrogens with one attached hydrogen (secondary N) is 1. The first kappa shape index (κ1) is 14.1. The van der Waals surface area contributed by atoms with E-state index in [1.165, 1.54) is 18.3 Å². The number of hydrazone groups is 1. The maximum Gasteiger partial charge on any atom is 0.433 e. The minimum absolute atomic E-state index is 0.288. The molecule has 0 saturated heterocycles. The highest BCUT2D eigenvalue weighted by atomic mass is 32.1. The van der Waals surface area contributed by atoms with Crippen LogP contribution < -0.4 is 5.43 Å². The van der Waals surface area contributed by atoms with Gasteiger partial charge in [0.1, 0.15) is 4.92 Å². The molecule has 0 bridgehead atoms. The molecule has 1 N–H and O–H groups in total. The van der Waals surface area contributed by atoms with Crippen LogP contribution in [-0.2, 0) is 0 Å². The zero-order chi connectivity index (χ0) is 13.5. The van der Waals surface area contributed by atoms with Gasteiger partial charge >= 0.3 is 5.88 Å². The van der Waals surface area contributed by atoms with Crippen molar-refractivity contribution in [1.82, 2.24) is 10.3 Å². The van der Waals surface area contributed by atoms with Crippen LogP contribution in [0.1, 0.15) is 19.6 Å². The van der Waals surface area contributed by atoms with E-state index in [0.29, 0.717) is 5.11 Å². The minimum atomic E-state index is -0.606. The Kier molecular flexibility index (Phi) is 5.25. The van der Waals surface area contributed by atoms with E-state index in [-0.39, 0.29) is 11.6 Å². The summed E-state index contributed by atoms with van der Waals surface area (Å²) in [7, 11) is 0. The number of hydrogen-bond acceptors (Lipinski definition) is 5. The standard InChI is InChI=1S/C10H14N4O3S/c1-3-13(4-2)10(18)12-11-7-8-5-6-9(17-8)14(15)16/h5-7H,3-4H2,1-2H3,(H,12,18). The van der Waals surface area contributed by atoms with Crippen molar-refractivity contribution in [1.29, 1.82) is 0 Å². The Morgan fingerprint density at radius 1 is 1.61 bits per heavy atom. The van der Waals surface area contributed by atoms with Crippen LogP contribution >= 0.6 is 12.2 Å². The highest BCUT2D eigenvalue weighted by molar-refractivity contribution is 7.80. The quantitative estimate of drug-likeness (QED) is 0.380. The summed E-state index contributed by atoms with van der Waals surface area (Å²) in [4.78, 5) is 11.7. The lowest BCUT2D eigenvalue weighted by Crippen LogP contribution is -2.37. The molecule has 0 aliphatic carbocycles. The average molecular weight is 270 g/mol. The van der Waals surface area contributed by atoms with Gasteiger partial charge in [0.25, 0.3) is 0 Å². The summed E-state index contributed by atoms with van der Waals surface area (Å²) < 4.78 is 4.89. The van der Waals surface area contributed by atoms with Crippen LogP contribution in [0.3, 0.4) is 0 Å². The summed E-state index contributed by atoms with van der Waals surface area (Å²) in [5.74, 6) is -0.0284. The summed E-state index contributed by atoms with van der Waals surface area (Å²) in [6.45, 7) is 5.53. The van der Waals surface area contributed by atoms with Crippen molar-refractivity contribution in [2.45, 2.75) is 13.8 Å². The van der Waals surface area contributed by atoms with Crippen molar-refractivity contribution in [3.63, 3.8) is 0 Å². The van der Waals surface area contributed by atoms with Gasteiger partial charge in [-0.25, -0.2) is 0 Å². The molecule has 0 aliphatic heterocycles. The molecule has 1 heterocycles. The van der Waals surface area contributed by atoms with Crippen molar-refractivity contribution in [2.24, 2.45) is 5.10 Å². The number of thiocarbonyl (C=S) groups is 1. The van der Waals surface area contributed by atoms with Crippen LogP contribution in [0.4, 0.5) is 5.88 Å². The molecule has 0 aliphatic rings. The Hall–Kier alpha value is -1.96. The number of rotatable bonds is 5. The lowest BCUT2D eigenvalue weighted by Gasteiger charge is -2.20. The third-order valence-corrected chi connectivity index (χ3v) is 2.54. The zero-order valence-corrected chi connectivity index (χ0v) is 10.9. The molecule has 0 fully saturated rings. The molecular formula is C10H14N4O3S. The van der Waals surface area contributed by atoms with E-state index < -0.39 is 4.92 Å². The van der Waals surface area contributed by atoms with Crippen molar-refractivity contribution in [2.75, 3.05) is 13.1 Å². The van der Waals surface area contributed by atoms with Crippen LogP contribution in [0.25, 0.3) is 0 Å². The highest BCUT2D eigenvalue weighted by Gasteiger charge is 2.10. The number of nitro groups is 1. The maximum atomic E-state index is 10.4. The molecule has 0 aromatic carbocycles. The monoisotopic (exact) mass is 270 g/mol. The van der Waals surface area contributed by atoms with E-state index >= 15 is 0 Å². The molecule has 0 amide bonds. The zero-order valence-electron chi connectivity index (χ0n) is 10.1. The van der Waals surface area contributed by atoms with Gasteiger partial charge in [-0.05, 0) is 32.1 Å². The summed E-state index contributed by atoms with van der Waals surface area (Å²) in [6.07, 6.45) is 1.34. The highest BCUT2D eigenvalue weighted by Crippen LogP contribution is 2.13. The molecule has 1 rings (SSSR count). The normalized spacial score (nSPS) is 10.6. The Labute approximate surface area is 110 Å². The van der Waals surface area contributed by atoms with Crippen LogP contribution in [0.15, 0.2) is 21.7 Å². The van der Waals surface area contributed by atoms with E-state index in [0.717, 1.165) is 13.1 Å². The summed E-state index contributed by atoms with van der Waals surface area (Å²) in [6, 6.07) is 2.73. The largest absolute Gasteiger partial charge is 0.433 e. The molecule has 0 unspecified atom stereocenters. The van der Waals surface area contributed by atoms with E-state index in [1.54, 1.807) is 0 Å². The Balaban J connectivity index is 2.54. The summed E-state index contributed by atoms with van der Waals surface area (Å²) >= 11 is 5.10. The average Bonchev–Trinajstić information content (AvgIpc) is 2.79. The summed E-state index contributed by atoms with van der Waals surface area (Å²) in [5, 5.41) is 14.7. The SMILES string of the molecule is CCN(CC)C(=S)NN=Cc1ccc([N+](=O)[O-])o1. The number of nitrogens with zero attached hydrogens (tertiary/aromatic N) is 3. The molecule has 0 saturated carbocycles. The predicted molar refractivity (Wildman–Crippen MR) is 71.6 cm³/mol. The molecule has 1 aromatic rings. The summed E-state index contributed by atoms with van der Waals surface area (Å²) in [5.41, 5.74) is 2.67.